The van der Waals surface area contributed by atoms with Crippen LogP contribution in [-0.4, -0.2) is 32.4 Å². The Morgan fingerprint density at radius 1 is 1.18 bits per heavy atom. The summed E-state index contributed by atoms with van der Waals surface area (Å²) in [7, 11) is 0. The number of esters is 1. The molecule has 4 aromatic rings. The van der Waals surface area contributed by atoms with Crippen molar-refractivity contribution in [1.82, 2.24) is 14.0 Å². The van der Waals surface area contributed by atoms with E-state index < -0.39 is 11.9 Å². The number of nitrogens with one attached hydrogen (secondary N) is 2. The number of hydrogen-bond acceptors (Lipinski definition) is 7. The molecule has 0 atom stereocenters. The van der Waals surface area contributed by atoms with Crippen molar-refractivity contribution in [3.05, 3.63) is 67.4 Å². The standard InChI is InChI=1S/C29H33N5O4S/c1-4-6-9-14-33-23(30)19(16-20-25(33)31-24-17(3)11-10-15-34(24)28(20)36)26(35)32-27-22(29(37)38-5-2)18-12-7-8-13-21(18)39-27/h10-11,15-16,30H,4-9,12-14H2,1-3H3,(H,32,35). The number of anilines is 1. The lowest BCUT2D eigenvalue weighted by Gasteiger charge is -2.15. The topological polar surface area (TPSA) is 119 Å². The Labute approximate surface area is 230 Å². The summed E-state index contributed by atoms with van der Waals surface area (Å²) in [5.41, 5.74) is 2.88. The largest absolute Gasteiger partial charge is 0.462 e. The van der Waals surface area contributed by atoms with Crippen molar-refractivity contribution >= 4 is 44.9 Å². The van der Waals surface area contributed by atoms with Gasteiger partial charge in [0, 0.05) is 17.6 Å². The molecular weight excluding hydrogens is 514 g/mol. The van der Waals surface area contributed by atoms with E-state index in [0.29, 0.717) is 28.4 Å². The third-order valence-corrected chi connectivity index (χ3v) is 8.45. The number of aryl methyl sites for hydroxylation is 3. The Bertz CT molecular complexity index is 1720. The predicted octanol–water partition coefficient (Wildman–Crippen LogP) is 5.00. The van der Waals surface area contributed by atoms with Crippen LogP contribution in [0.3, 0.4) is 0 Å². The molecule has 9 nitrogen and oxygen atoms in total. The van der Waals surface area contributed by atoms with Gasteiger partial charge in [0.25, 0.3) is 11.5 Å². The van der Waals surface area contributed by atoms with E-state index in [0.717, 1.165) is 60.9 Å². The molecule has 0 spiro atoms. The van der Waals surface area contributed by atoms with Gasteiger partial charge in [0.15, 0.2) is 0 Å². The van der Waals surface area contributed by atoms with Gasteiger partial charge in [-0.05, 0) is 69.2 Å². The molecule has 1 aliphatic carbocycles. The van der Waals surface area contributed by atoms with Crippen LogP contribution in [0, 0.1) is 12.3 Å². The van der Waals surface area contributed by atoms with Crippen LogP contribution >= 0.6 is 11.3 Å². The number of rotatable bonds is 8. The number of thiophene rings is 1. The molecule has 0 aromatic carbocycles. The zero-order valence-electron chi connectivity index (χ0n) is 22.6. The van der Waals surface area contributed by atoms with Gasteiger partial charge >= 0.3 is 5.97 Å². The molecule has 2 N–H and O–H groups in total. The van der Waals surface area contributed by atoms with E-state index in [2.05, 4.69) is 12.2 Å². The first kappa shape index (κ1) is 26.8. The zero-order valence-corrected chi connectivity index (χ0v) is 23.4. The molecule has 0 radical (unpaired) electrons. The van der Waals surface area contributed by atoms with Gasteiger partial charge in [-0.25, -0.2) is 9.78 Å². The molecule has 0 saturated carbocycles. The van der Waals surface area contributed by atoms with Crippen LogP contribution in [0.4, 0.5) is 5.00 Å². The Hall–Kier alpha value is -3.79. The Balaban J connectivity index is 1.65. The fourth-order valence-corrected chi connectivity index (χ4v) is 6.52. The normalized spacial score (nSPS) is 13.0. The van der Waals surface area contributed by atoms with Crippen molar-refractivity contribution in [2.75, 3.05) is 11.9 Å². The lowest BCUT2D eigenvalue weighted by Crippen LogP contribution is -2.32. The summed E-state index contributed by atoms with van der Waals surface area (Å²) in [4.78, 5) is 46.0. The molecule has 1 amide bonds. The van der Waals surface area contributed by atoms with Crippen LogP contribution in [0.25, 0.3) is 16.7 Å². The maximum Gasteiger partial charge on any atom is 0.341 e. The SMILES string of the molecule is CCCCCn1c(=N)c(C(=O)Nc2sc3c(c2C(=O)OCC)CCCC3)cc2c(=O)n3cccc(C)c3nc21. The van der Waals surface area contributed by atoms with Crippen molar-refractivity contribution < 1.29 is 14.3 Å². The van der Waals surface area contributed by atoms with Crippen molar-refractivity contribution in [3.8, 4) is 0 Å². The zero-order chi connectivity index (χ0) is 27.7. The third kappa shape index (κ3) is 4.89. The Morgan fingerprint density at radius 2 is 1.97 bits per heavy atom. The molecule has 4 aromatic heterocycles. The van der Waals surface area contributed by atoms with Gasteiger partial charge < -0.3 is 14.6 Å². The fraction of sp³-hybridized carbons (Fsp3) is 0.414. The number of hydrogen-bond donors (Lipinski definition) is 2. The number of unbranched alkanes of at least 4 members (excludes halogenated alkanes) is 2. The van der Waals surface area contributed by atoms with Crippen LogP contribution in [-0.2, 0) is 24.1 Å². The minimum atomic E-state index is -0.538. The molecule has 0 bridgehead atoms. The highest BCUT2D eigenvalue weighted by Crippen LogP contribution is 2.38. The molecule has 4 heterocycles. The summed E-state index contributed by atoms with van der Waals surface area (Å²) in [6.45, 7) is 6.43. The average molecular weight is 548 g/mol. The highest BCUT2D eigenvalue weighted by atomic mass is 32.1. The van der Waals surface area contributed by atoms with E-state index >= 15 is 0 Å². The van der Waals surface area contributed by atoms with E-state index in [-0.39, 0.29) is 28.6 Å². The summed E-state index contributed by atoms with van der Waals surface area (Å²) in [5.74, 6) is -0.986. The molecule has 5 rings (SSSR count). The molecule has 39 heavy (non-hydrogen) atoms. The molecule has 10 heteroatoms. The number of carbonyl (C=O) groups excluding carboxylic acids is 2. The second kappa shape index (κ2) is 11.1. The molecule has 0 aliphatic heterocycles. The first-order valence-electron chi connectivity index (χ1n) is 13.6. The Morgan fingerprint density at radius 3 is 2.74 bits per heavy atom. The third-order valence-electron chi connectivity index (χ3n) is 7.24. The van der Waals surface area contributed by atoms with Crippen molar-refractivity contribution in [2.24, 2.45) is 0 Å². The van der Waals surface area contributed by atoms with Gasteiger partial charge in [-0.3, -0.25) is 19.4 Å². The maximum absolute atomic E-state index is 13.7. The number of ether oxygens (including phenoxy) is 1. The van der Waals surface area contributed by atoms with Gasteiger partial charge in [-0.1, -0.05) is 25.8 Å². The van der Waals surface area contributed by atoms with Gasteiger partial charge in [-0.2, -0.15) is 0 Å². The Kier molecular flexibility index (Phi) is 7.65. The van der Waals surface area contributed by atoms with Gasteiger partial charge in [0.1, 0.15) is 21.8 Å². The molecule has 0 saturated heterocycles. The maximum atomic E-state index is 13.7. The van der Waals surface area contributed by atoms with E-state index in [1.54, 1.807) is 23.8 Å². The minimum Gasteiger partial charge on any atom is -0.462 e. The average Bonchev–Trinajstić information content (AvgIpc) is 3.28. The lowest BCUT2D eigenvalue weighted by atomic mass is 9.95. The van der Waals surface area contributed by atoms with Gasteiger partial charge in [-0.15, -0.1) is 11.3 Å². The van der Waals surface area contributed by atoms with Crippen LogP contribution in [0.5, 0.6) is 0 Å². The van der Waals surface area contributed by atoms with E-state index in [4.69, 9.17) is 15.1 Å². The molecule has 204 valence electrons. The number of amides is 1. The number of pyridine rings is 2. The second-order valence-corrected chi connectivity index (χ2v) is 11.0. The van der Waals surface area contributed by atoms with E-state index in [1.165, 1.54) is 21.8 Å². The molecule has 0 fully saturated rings. The quantitative estimate of drug-likeness (QED) is 0.183. The van der Waals surface area contributed by atoms with Crippen LogP contribution in [0.1, 0.15) is 82.7 Å². The predicted molar refractivity (Wildman–Crippen MR) is 152 cm³/mol. The summed E-state index contributed by atoms with van der Waals surface area (Å²) in [5, 5.41) is 12.6. The summed E-state index contributed by atoms with van der Waals surface area (Å²) >= 11 is 1.40. The molecule has 1 aliphatic rings. The molecule has 0 unspecified atom stereocenters. The van der Waals surface area contributed by atoms with Crippen LogP contribution < -0.4 is 16.4 Å². The first-order valence-corrected chi connectivity index (χ1v) is 14.4. The van der Waals surface area contributed by atoms with E-state index in [1.807, 2.05) is 13.0 Å². The van der Waals surface area contributed by atoms with Crippen LogP contribution in [0.2, 0.25) is 0 Å². The van der Waals surface area contributed by atoms with E-state index in [9.17, 15) is 14.4 Å². The number of fused-ring (bicyclic) bond motifs is 3. The summed E-state index contributed by atoms with van der Waals surface area (Å²) in [6, 6.07) is 5.14. The van der Waals surface area contributed by atoms with Crippen LogP contribution in [0.15, 0.2) is 29.2 Å². The van der Waals surface area contributed by atoms with Crippen molar-refractivity contribution in [2.45, 2.75) is 72.3 Å². The first-order chi connectivity index (χ1) is 18.8. The number of aromatic nitrogens is 3. The smallest absolute Gasteiger partial charge is 0.341 e. The summed E-state index contributed by atoms with van der Waals surface area (Å²) < 4.78 is 8.47. The second-order valence-electron chi connectivity index (χ2n) is 9.89. The minimum absolute atomic E-state index is 0.0139. The summed E-state index contributed by atoms with van der Waals surface area (Å²) in [6.07, 6.45) is 8.01. The number of nitrogens with zero attached hydrogens (tertiary/aromatic N) is 3. The highest BCUT2D eigenvalue weighted by Gasteiger charge is 2.28. The van der Waals surface area contributed by atoms with Gasteiger partial charge in [0.05, 0.1) is 23.1 Å². The highest BCUT2D eigenvalue weighted by molar-refractivity contribution is 7.17. The van der Waals surface area contributed by atoms with Crippen molar-refractivity contribution in [3.63, 3.8) is 0 Å². The van der Waals surface area contributed by atoms with Crippen molar-refractivity contribution in [1.29, 1.82) is 5.41 Å². The number of carbonyl (C=O) groups is 2. The monoisotopic (exact) mass is 547 g/mol. The van der Waals surface area contributed by atoms with Gasteiger partial charge in [0.2, 0.25) is 0 Å². The lowest BCUT2D eigenvalue weighted by molar-refractivity contribution is 0.0526. The fourth-order valence-electron chi connectivity index (χ4n) is 5.25. The molecular formula is C29H33N5O4S.